The summed E-state index contributed by atoms with van der Waals surface area (Å²) in [4.78, 5) is 51.5. The van der Waals surface area contributed by atoms with Crippen LogP contribution in [0.2, 0.25) is 0 Å². The average molecular weight is 394 g/mol. The number of methoxy groups -OCH3 is 1. The average Bonchev–Trinajstić information content (AvgIpc) is 2.72. The highest BCUT2D eigenvalue weighted by Gasteiger charge is 2.40. The van der Waals surface area contributed by atoms with E-state index in [9.17, 15) is 19.2 Å². The van der Waals surface area contributed by atoms with Gasteiger partial charge in [-0.15, -0.1) is 0 Å². The topological polar surface area (TPSA) is 104 Å². The Kier molecular flexibility index (Phi) is 4.01. The minimum Gasteiger partial charge on any atom is -0.497 e. The van der Waals surface area contributed by atoms with Crippen LogP contribution >= 0.6 is 11.6 Å². The van der Waals surface area contributed by atoms with Crippen molar-refractivity contribution in [3.8, 4) is 5.75 Å². The molecule has 138 valence electrons. The zero-order valence-electron chi connectivity index (χ0n) is 14.5. The Morgan fingerprint density at radius 1 is 0.750 bits per heavy atom. The molecule has 0 aromatic heterocycles. The van der Waals surface area contributed by atoms with Crippen LogP contribution in [0.1, 0.15) is 41.4 Å². The number of nitrogens with two attached hydrogens (primary N) is 1. The normalized spacial score (nSPS) is 16.4. The Bertz CT molecular complexity index is 1190. The van der Waals surface area contributed by atoms with Gasteiger partial charge in [-0.2, -0.15) is 0 Å². The Balaban J connectivity index is 1.95. The molecule has 2 aliphatic rings. The molecule has 0 aliphatic heterocycles. The van der Waals surface area contributed by atoms with Crippen LogP contribution < -0.4 is 10.5 Å². The first-order valence-electron chi connectivity index (χ1n) is 8.22. The van der Waals surface area contributed by atoms with Gasteiger partial charge in [0.1, 0.15) is 10.8 Å². The number of halogens is 1. The molecule has 2 aromatic carbocycles. The SMILES string of the molecule is COc1ccc2c(c1)C(=O)C(N)=C(C1=C(Cl)C(=O)c3ccccc3C1=O)C2=O. The summed E-state index contributed by atoms with van der Waals surface area (Å²) in [7, 11) is 1.43. The number of carbonyl (C=O) groups excluding carboxylic acids is 4. The Hall–Kier alpha value is -3.51. The first-order valence-corrected chi connectivity index (χ1v) is 8.60. The van der Waals surface area contributed by atoms with E-state index >= 15 is 0 Å². The molecule has 2 N–H and O–H groups in total. The maximum absolute atomic E-state index is 13.1. The van der Waals surface area contributed by atoms with Crippen molar-refractivity contribution < 1.29 is 23.9 Å². The molecule has 0 saturated carbocycles. The van der Waals surface area contributed by atoms with E-state index in [4.69, 9.17) is 22.1 Å². The number of allylic oxidation sites excluding steroid dienone is 4. The van der Waals surface area contributed by atoms with Gasteiger partial charge in [0.2, 0.25) is 11.6 Å². The van der Waals surface area contributed by atoms with Gasteiger partial charge in [0.05, 0.1) is 24.0 Å². The van der Waals surface area contributed by atoms with Gasteiger partial charge in [-0.3, -0.25) is 19.2 Å². The van der Waals surface area contributed by atoms with E-state index in [1.165, 1.54) is 37.4 Å². The molecular weight excluding hydrogens is 382 g/mol. The Morgan fingerprint density at radius 2 is 1.32 bits per heavy atom. The Labute approximate surface area is 164 Å². The number of ether oxygens (including phenoxy) is 1. The summed E-state index contributed by atoms with van der Waals surface area (Å²) in [5.74, 6) is -2.14. The van der Waals surface area contributed by atoms with Gasteiger partial charge in [-0.1, -0.05) is 35.9 Å². The van der Waals surface area contributed by atoms with E-state index in [1.807, 2.05) is 0 Å². The van der Waals surface area contributed by atoms with Crippen LogP contribution in [0.15, 0.2) is 64.3 Å². The van der Waals surface area contributed by atoms with E-state index in [2.05, 4.69) is 0 Å². The number of hydrogen-bond acceptors (Lipinski definition) is 6. The quantitative estimate of drug-likeness (QED) is 0.841. The number of fused-ring (bicyclic) bond motifs is 2. The molecule has 0 spiro atoms. The van der Waals surface area contributed by atoms with Crippen LogP contribution in [0, 0.1) is 0 Å². The number of rotatable bonds is 2. The lowest BCUT2D eigenvalue weighted by Crippen LogP contribution is -2.31. The molecule has 0 atom stereocenters. The maximum Gasteiger partial charge on any atom is 0.210 e. The molecule has 4 rings (SSSR count). The number of carbonyl (C=O) groups is 4. The molecule has 0 unspecified atom stereocenters. The van der Waals surface area contributed by atoms with Crippen LogP contribution in [-0.2, 0) is 0 Å². The molecule has 7 heteroatoms. The van der Waals surface area contributed by atoms with Gasteiger partial charge in [0.15, 0.2) is 11.6 Å². The van der Waals surface area contributed by atoms with Gasteiger partial charge < -0.3 is 10.5 Å². The fourth-order valence-corrected chi connectivity index (χ4v) is 3.65. The van der Waals surface area contributed by atoms with E-state index in [0.717, 1.165) is 0 Å². The van der Waals surface area contributed by atoms with Crippen LogP contribution in [0.4, 0.5) is 0 Å². The van der Waals surface area contributed by atoms with Crippen LogP contribution in [0.3, 0.4) is 0 Å². The third-order valence-electron chi connectivity index (χ3n) is 4.77. The molecule has 2 aromatic rings. The monoisotopic (exact) mass is 393 g/mol. The predicted molar refractivity (Wildman–Crippen MR) is 101 cm³/mol. The highest BCUT2D eigenvalue weighted by Crippen LogP contribution is 2.37. The summed E-state index contributed by atoms with van der Waals surface area (Å²) in [6.07, 6.45) is 0. The maximum atomic E-state index is 13.1. The molecule has 0 radical (unpaired) electrons. The van der Waals surface area contributed by atoms with Gasteiger partial charge in [0.25, 0.3) is 0 Å². The fraction of sp³-hybridized carbons (Fsp3) is 0.0476. The lowest BCUT2D eigenvalue weighted by atomic mass is 9.78. The highest BCUT2D eigenvalue weighted by atomic mass is 35.5. The zero-order chi connectivity index (χ0) is 20.2. The molecule has 0 fully saturated rings. The van der Waals surface area contributed by atoms with Gasteiger partial charge in [0, 0.05) is 22.3 Å². The first kappa shape index (κ1) is 17.9. The molecule has 0 saturated heterocycles. The minimum atomic E-state index is -0.650. The lowest BCUT2D eigenvalue weighted by molar-refractivity contribution is 0.0955. The molecule has 2 aliphatic carbocycles. The number of benzene rings is 2. The molecule has 28 heavy (non-hydrogen) atoms. The van der Waals surface area contributed by atoms with Crippen LogP contribution in [0.5, 0.6) is 5.75 Å². The third-order valence-corrected chi connectivity index (χ3v) is 5.13. The van der Waals surface area contributed by atoms with Gasteiger partial charge in [-0.25, -0.2) is 0 Å². The lowest BCUT2D eigenvalue weighted by Gasteiger charge is -2.24. The number of hydrogen-bond donors (Lipinski definition) is 1. The summed E-state index contributed by atoms with van der Waals surface area (Å²) in [6, 6.07) is 10.5. The number of ketones is 4. The summed E-state index contributed by atoms with van der Waals surface area (Å²) in [6.45, 7) is 0. The zero-order valence-corrected chi connectivity index (χ0v) is 15.3. The van der Waals surface area contributed by atoms with Gasteiger partial charge in [-0.05, 0) is 18.2 Å². The molecule has 0 bridgehead atoms. The van der Waals surface area contributed by atoms with E-state index in [1.54, 1.807) is 12.1 Å². The van der Waals surface area contributed by atoms with Crippen molar-refractivity contribution in [2.24, 2.45) is 5.73 Å². The van der Waals surface area contributed by atoms with E-state index in [-0.39, 0.29) is 33.4 Å². The molecule has 0 amide bonds. The Morgan fingerprint density at radius 3 is 1.96 bits per heavy atom. The fourth-order valence-electron chi connectivity index (χ4n) is 3.37. The highest BCUT2D eigenvalue weighted by molar-refractivity contribution is 6.52. The minimum absolute atomic E-state index is 0.0612. The van der Waals surface area contributed by atoms with Crippen molar-refractivity contribution in [1.82, 2.24) is 0 Å². The standard InChI is InChI=1S/C21H12ClNO5/c1-28-9-6-7-12-13(8-9)21(27)17(23)15(19(12)25)14-16(22)20(26)11-5-3-2-4-10(11)18(14)24/h2-8H,23H2,1H3. The van der Waals surface area contributed by atoms with Gasteiger partial charge >= 0.3 is 0 Å². The van der Waals surface area contributed by atoms with Crippen LogP contribution in [0.25, 0.3) is 0 Å². The summed E-state index contributed by atoms with van der Waals surface area (Å²) < 4.78 is 5.08. The second-order valence-corrected chi connectivity index (χ2v) is 6.63. The molecule has 6 nitrogen and oxygen atoms in total. The van der Waals surface area contributed by atoms with Crippen molar-refractivity contribution in [1.29, 1.82) is 0 Å². The van der Waals surface area contributed by atoms with Crippen molar-refractivity contribution in [3.63, 3.8) is 0 Å². The van der Waals surface area contributed by atoms with Crippen molar-refractivity contribution in [2.75, 3.05) is 7.11 Å². The third kappa shape index (κ3) is 2.35. The van der Waals surface area contributed by atoms with Crippen molar-refractivity contribution in [2.45, 2.75) is 0 Å². The predicted octanol–water partition coefficient (Wildman–Crippen LogP) is 2.86. The summed E-state index contributed by atoms with van der Waals surface area (Å²) in [5.41, 5.74) is 5.20. The molecular formula is C21H12ClNO5. The largest absolute Gasteiger partial charge is 0.497 e. The van der Waals surface area contributed by atoms with E-state index in [0.29, 0.717) is 5.75 Å². The first-order chi connectivity index (χ1) is 13.4. The van der Waals surface area contributed by atoms with Crippen molar-refractivity contribution in [3.05, 3.63) is 86.6 Å². The van der Waals surface area contributed by atoms with Crippen LogP contribution in [-0.4, -0.2) is 30.2 Å². The summed E-state index contributed by atoms with van der Waals surface area (Å²) >= 11 is 6.18. The second kappa shape index (κ2) is 6.28. The van der Waals surface area contributed by atoms with Crippen molar-refractivity contribution >= 4 is 34.7 Å². The molecule has 0 heterocycles. The van der Waals surface area contributed by atoms with E-state index < -0.39 is 33.9 Å². The second-order valence-electron chi connectivity index (χ2n) is 6.25. The summed E-state index contributed by atoms with van der Waals surface area (Å²) in [5, 5.41) is -0.431. The number of Topliss-reactive ketones (excluding diaryl/α,β-unsaturated/α-hetero) is 4. The smallest absolute Gasteiger partial charge is 0.210 e.